The molecule has 0 aromatic carbocycles. The first-order valence-corrected chi connectivity index (χ1v) is 5.74. The molecule has 0 saturated heterocycles. The molecule has 0 aromatic rings. The molecule has 0 aliphatic heterocycles. The van der Waals surface area contributed by atoms with E-state index in [0.717, 1.165) is 0 Å². The van der Waals surface area contributed by atoms with Gasteiger partial charge in [0.05, 0.1) is 0 Å². The van der Waals surface area contributed by atoms with Crippen LogP contribution in [-0.2, 0) is 19.8 Å². The van der Waals surface area contributed by atoms with Crippen molar-refractivity contribution in [2.24, 2.45) is 0 Å². The van der Waals surface area contributed by atoms with Gasteiger partial charge in [0.2, 0.25) is 0 Å². The van der Waals surface area contributed by atoms with Gasteiger partial charge in [-0.15, -0.1) is 3.89 Å². The molecule has 0 N–H and O–H groups in total. The average molecular weight is 378 g/mol. The molecule has 0 rings (SSSR count). The van der Waals surface area contributed by atoms with Crippen molar-refractivity contribution in [3.63, 3.8) is 0 Å². The Hall–Kier alpha value is -1.19. The highest BCUT2D eigenvalue weighted by atomic mass is 32.3. The van der Waals surface area contributed by atoms with Crippen LogP contribution in [0, 0.1) is 0 Å². The first-order chi connectivity index (χ1) is 9.25. The van der Waals surface area contributed by atoms with Gasteiger partial charge in [-0.2, -0.15) is 52.3 Å². The van der Waals surface area contributed by atoms with Crippen LogP contribution in [0.4, 0.5) is 47.8 Å². The molecule has 0 aliphatic rings. The van der Waals surface area contributed by atoms with Crippen LogP contribution in [-0.4, -0.2) is 44.0 Å². The summed E-state index contributed by atoms with van der Waals surface area (Å²) in [5.41, 5.74) is -4.96. The lowest BCUT2D eigenvalue weighted by atomic mass is 10.3. The predicted molar refractivity (Wildman–Crippen MR) is 41.9 cm³/mol. The highest BCUT2D eigenvalue weighted by Crippen LogP contribution is 2.48. The first-order valence-electron chi connectivity index (χ1n) is 4.30. The van der Waals surface area contributed by atoms with Crippen molar-refractivity contribution < 1.29 is 65.7 Å². The highest BCUT2D eigenvalue weighted by molar-refractivity contribution is 7.87. The standard InChI is InChI=1S/C6HF11O4S/c7-3(8,9)1(18)2(22(17,19)20)21-6(15,16)4(10,11)5(12,13)14/h2H. The maximum absolute atomic E-state index is 12.6. The van der Waals surface area contributed by atoms with Crippen LogP contribution in [0.15, 0.2) is 0 Å². The van der Waals surface area contributed by atoms with Gasteiger partial charge in [0.1, 0.15) is 0 Å². The molecule has 0 aromatic heterocycles. The first kappa shape index (κ1) is 20.8. The number of ketones is 1. The number of ether oxygens (including phenoxy) is 1. The van der Waals surface area contributed by atoms with Gasteiger partial charge < -0.3 is 0 Å². The van der Waals surface area contributed by atoms with Crippen LogP contribution < -0.4 is 0 Å². The number of alkyl halides is 10. The second kappa shape index (κ2) is 5.47. The number of hydrogen-bond donors (Lipinski definition) is 0. The van der Waals surface area contributed by atoms with E-state index in [4.69, 9.17) is 0 Å². The van der Waals surface area contributed by atoms with Crippen molar-refractivity contribution in [2.45, 2.75) is 29.8 Å². The molecule has 0 bridgehead atoms. The Labute approximate surface area is 113 Å². The van der Waals surface area contributed by atoms with Crippen molar-refractivity contribution in [1.82, 2.24) is 0 Å². The summed E-state index contributed by atoms with van der Waals surface area (Å²) < 4.78 is 155. The zero-order valence-electron chi connectivity index (χ0n) is 9.28. The summed E-state index contributed by atoms with van der Waals surface area (Å²) in [4.78, 5) is 10.3. The third-order valence-corrected chi connectivity index (χ3v) is 2.55. The summed E-state index contributed by atoms with van der Waals surface area (Å²) in [5.74, 6) is -11.2. The van der Waals surface area contributed by atoms with Crippen molar-refractivity contribution in [1.29, 1.82) is 0 Å². The highest BCUT2D eigenvalue weighted by Gasteiger charge is 2.76. The van der Waals surface area contributed by atoms with Crippen LogP contribution in [0.1, 0.15) is 0 Å². The third kappa shape index (κ3) is 4.17. The largest absolute Gasteiger partial charge is 0.462 e. The zero-order chi connectivity index (χ0) is 18.4. The molecule has 16 heteroatoms. The summed E-state index contributed by atoms with van der Waals surface area (Å²) in [6, 6.07) is 0. The van der Waals surface area contributed by atoms with Crippen LogP contribution in [0.5, 0.6) is 0 Å². The number of Topliss-reactive ketones (excluding diaryl/α,β-unsaturated/α-hetero) is 1. The topological polar surface area (TPSA) is 60.4 Å². The second-order valence-corrected chi connectivity index (χ2v) is 4.76. The maximum Gasteiger partial charge on any atom is 0.462 e. The number of halogens is 11. The number of carbonyl (C=O) groups is 1. The SMILES string of the molecule is O=C(C(OC(F)(F)C(F)(F)C(F)(F)F)S(=O)(=O)F)C(F)(F)F. The minimum atomic E-state index is -7.21. The normalized spacial score (nSPS) is 16.5. The molecule has 0 radical (unpaired) electrons. The Balaban J connectivity index is 5.85. The summed E-state index contributed by atoms with van der Waals surface area (Å²) in [6.45, 7) is 0. The van der Waals surface area contributed by atoms with Gasteiger partial charge in [0, 0.05) is 0 Å². The van der Waals surface area contributed by atoms with Gasteiger partial charge in [-0.05, 0) is 0 Å². The average Bonchev–Trinajstić information content (AvgIpc) is 2.20. The Morgan fingerprint density at radius 3 is 1.45 bits per heavy atom. The fraction of sp³-hybridized carbons (Fsp3) is 0.833. The summed E-state index contributed by atoms with van der Waals surface area (Å²) in [6.07, 6.45) is -20.5. The molecule has 0 heterocycles. The molecule has 0 saturated carbocycles. The number of hydrogen-bond acceptors (Lipinski definition) is 4. The van der Waals surface area contributed by atoms with E-state index in [0.29, 0.717) is 0 Å². The fourth-order valence-electron chi connectivity index (χ4n) is 0.746. The van der Waals surface area contributed by atoms with Gasteiger partial charge in [0.15, 0.2) is 0 Å². The van der Waals surface area contributed by atoms with E-state index < -0.39 is 45.8 Å². The van der Waals surface area contributed by atoms with Crippen LogP contribution in [0.2, 0.25) is 0 Å². The zero-order valence-corrected chi connectivity index (χ0v) is 10.1. The Bertz CT molecular complexity index is 530. The molecular formula is C6HF11O4S. The predicted octanol–water partition coefficient (Wildman–Crippen LogP) is 2.55. The van der Waals surface area contributed by atoms with Gasteiger partial charge in [-0.25, -0.2) is 0 Å². The van der Waals surface area contributed by atoms with Crippen LogP contribution >= 0.6 is 0 Å². The molecule has 0 aliphatic carbocycles. The van der Waals surface area contributed by atoms with Crippen molar-refractivity contribution in [3.05, 3.63) is 0 Å². The molecule has 4 nitrogen and oxygen atoms in total. The molecular weight excluding hydrogens is 377 g/mol. The molecule has 0 spiro atoms. The minimum absolute atomic E-state index is 2.05. The summed E-state index contributed by atoms with van der Waals surface area (Å²) in [7, 11) is -7.06. The lowest BCUT2D eigenvalue weighted by Crippen LogP contribution is -2.57. The van der Waals surface area contributed by atoms with Gasteiger partial charge in [0.25, 0.3) is 11.2 Å². The molecule has 0 amide bonds. The number of carbonyl (C=O) groups excluding carboxylic acids is 1. The third-order valence-electron chi connectivity index (χ3n) is 1.73. The Kier molecular flexibility index (Phi) is 5.17. The van der Waals surface area contributed by atoms with Gasteiger partial charge >= 0.3 is 34.6 Å². The molecule has 1 unspecified atom stereocenters. The summed E-state index contributed by atoms with van der Waals surface area (Å²) >= 11 is 0. The lowest BCUT2D eigenvalue weighted by Gasteiger charge is -2.29. The van der Waals surface area contributed by atoms with Gasteiger partial charge in [-0.3, -0.25) is 9.53 Å². The van der Waals surface area contributed by atoms with E-state index in [-0.39, 0.29) is 0 Å². The smallest absolute Gasteiger partial charge is 0.285 e. The minimum Gasteiger partial charge on any atom is -0.285 e. The fourth-order valence-corrected chi connectivity index (χ4v) is 1.37. The molecule has 22 heavy (non-hydrogen) atoms. The molecule has 0 fully saturated rings. The van der Waals surface area contributed by atoms with Crippen LogP contribution in [0.3, 0.4) is 0 Å². The van der Waals surface area contributed by atoms with Crippen molar-refractivity contribution in [2.75, 3.05) is 0 Å². The van der Waals surface area contributed by atoms with Crippen molar-refractivity contribution >= 4 is 16.0 Å². The molecule has 1 atom stereocenters. The van der Waals surface area contributed by atoms with E-state index in [1.165, 1.54) is 0 Å². The quantitative estimate of drug-likeness (QED) is 0.545. The van der Waals surface area contributed by atoms with Crippen molar-refractivity contribution in [3.8, 4) is 0 Å². The Morgan fingerprint density at radius 1 is 0.864 bits per heavy atom. The van der Waals surface area contributed by atoms with E-state index in [1.807, 2.05) is 4.74 Å². The van der Waals surface area contributed by atoms with E-state index in [9.17, 15) is 61.0 Å². The Morgan fingerprint density at radius 2 is 1.23 bits per heavy atom. The summed E-state index contributed by atoms with van der Waals surface area (Å²) in [5, 5.41) is 0. The number of rotatable bonds is 5. The molecule has 132 valence electrons. The van der Waals surface area contributed by atoms with E-state index in [1.54, 1.807) is 0 Å². The van der Waals surface area contributed by atoms with E-state index in [2.05, 4.69) is 0 Å². The lowest BCUT2D eigenvalue weighted by molar-refractivity contribution is -0.425. The second-order valence-electron chi connectivity index (χ2n) is 3.38. The maximum atomic E-state index is 12.6. The van der Waals surface area contributed by atoms with E-state index >= 15 is 0 Å². The van der Waals surface area contributed by atoms with Gasteiger partial charge in [-0.1, -0.05) is 0 Å². The van der Waals surface area contributed by atoms with Crippen LogP contribution in [0.25, 0.3) is 0 Å². The monoisotopic (exact) mass is 378 g/mol.